The van der Waals surface area contributed by atoms with Crippen molar-refractivity contribution in [1.29, 1.82) is 0 Å². The number of carbonyl (C=O) groups is 2. The molecule has 4 saturated carbocycles. The summed E-state index contributed by atoms with van der Waals surface area (Å²) in [4.78, 5) is 26.3. The number of cyclic esters (lactones) is 1. The van der Waals surface area contributed by atoms with Gasteiger partial charge in [0, 0.05) is 17.3 Å². The van der Waals surface area contributed by atoms with Crippen LogP contribution in [0.4, 0.5) is 0 Å². The molecule has 6 rings (SSSR count). The Labute approximate surface area is 141 Å². The predicted molar refractivity (Wildman–Crippen MR) is 83.6 cm³/mol. The molecule has 5 heteroatoms. The summed E-state index contributed by atoms with van der Waals surface area (Å²) in [6.07, 6.45) is 2.98. The molecule has 4 aliphatic carbocycles. The first-order valence-corrected chi connectivity index (χ1v) is 8.99. The molecule has 2 spiro atoms. The van der Waals surface area contributed by atoms with Crippen molar-refractivity contribution in [2.24, 2.45) is 27.6 Å². The van der Waals surface area contributed by atoms with Gasteiger partial charge in [-0.15, -0.1) is 0 Å². The third kappa shape index (κ3) is 1.11. The summed E-state index contributed by atoms with van der Waals surface area (Å²) in [5.74, 6) is 0.0421. The first kappa shape index (κ1) is 15.1. The average Bonchev–Trinajstić information content (AvgIpc) is 2.87. The standard InChI is InChI=1S/C19H24O5/c1-10-4-5-12(20)17-6-13(21)19-11(2)7-23-15(22)18(19,8-17)9-24-14(19)16(10,17)3/h7,10,12,14,20H,4-6,8-9H2,1-3H3. The van der Waals surface area contributed by atoms with Gasteiger partial charge in [0.05, 0.1) is 30.5 Å². The summed E-state index contributed by atoms with van der Waals surface area (Å²) in [6, 6.07) is 0. The fourth-order valence-corrected chi connectivity index (χ4v) is 7.38. The number of ether oxygens (including phenoxy) is 2. The fourth-order valence-electron chi connectivity index (χ4n) is 7.38. The molecule has 0 radical (unpaired) electrons. The van der Waals surface area contributed by atoms with Gasteiger partial charge in [-0.1, -0.05) is 13.8 Å². The summed E-state index contributed by atoms with van der Waals surface area (Å²) in [5, 5.41) is 11.0. The summed E-state index contributed by atoms with van der Waals surface area (Å²) in [5.41, 5.74) is -1.93. The van der Waals surface area contributed by atoms with E-state index in [1.54, 1.807) is 0 Å². The first-order chi connectivity index (χ1) is 11.3. The molecule has 2 heterocycles. The molecule has 5 fully saturated rings. The van der Waals surface area contributed by atoms with Crippen molar-refractivity contribution in [2.75, 3.05) is 6.61 Å². The van der Waals surface area contributed by atoms with E-state index in [2.05, 4.69) is 13.8 Å². The lowest BCUT2D eigenvalue weighted by molar-refractivity contribution is -0.263. The Morgan fingerprint density at radius 3 is 2.79 bits per heavy atom. The highest BCUT2D eigenvalue weighted by molar-refractivity contribution is 6.01. The molecule has 24 heavy (non-hydrogen) atoms. The Bertz CT molecular complexity index is 713. The Hall–Kier alpha value is -1.20. The number of rotatable bonds is 0. The van der Waals surface area contributed by atoms with E-state index < -0.39 is 22.3 Å². The highest BCUT2D eigenvalue weighted by Crippen LogP contribution is 2.80. The van der Waals surface area contributed by atoms with Gasteiger partial charge in [0.15, 0.2) is 0 Å². The van der Waals surface area contributed by atoms with Crippen LogP contribution in [0.3, 0.4) is 0 Å². The fraction of sp³-hybridized carbons (Fsp3) is 0.789. The maximum Gasteiger partial charge on any atom is 0.320 e. The van der Waals surface area contributed by atoms with E-state index in [9.17, 15) is 14.7 Å². The third-order valence-electron chi connectivity index (χ3n) is 8.69. The second kappa shape index (κ2) is 3.96. The van der Waals surface area contributed by atoms with Crippen LogP contribution in [-0.4, -0.2) is 35.7 Å². The van der Waals surface area contributed by atoms with E-state index in [-0.39, 0.29) is 29.9 Å². The summed E-state index contributed by atoms with van der Waals surface area (Å²) in [7, 11) is 0. The van der Waals surface area contributed by atoms with E-state index in [0.29, 0.717) is 25.2 Å². The molecule has 5 nitrogen and oxygen atoms in total. The van der Waals surface area contributed by atoms with Crippen LogP contribution in [-0.2, 0) is 19.1 Å². The molecule has 0 amide bonds. The lowest BCUT2D eigenvalue weighted by Crippen LogP contribution is -2.78. The molecular weight excluding hydrogens is 308 g/mol. The van der Waals surface area contributed by atoms with Crippen molar-refractivity contribution < 1.29 is 24.2 Å². The smallest absolute Gasteiger partial charge is 0.320 e. The Morgan fingerprint density at radius 1 is 1.29 bits per heavy atom. The van der Waals surface area contributed by atoms with Crippen LogP contribution in [0, 0.1) is 27.6 Å². The van der Waals surface area contributed by atoms with Gasteiger partial charge in [-0.05, 0) is 37.7 Å². The lowest BCUT2D eigenvalue weighted by Gasteiger charge is -2.72. The molecular formula is C19H24O5. The SMILES string of the molecule is CC1=COC(=O)C23COC4C12C(=O)CC1(C3)C(O)CCC(C)C41C. The average molecular weight is 332 g/mol. The highest BCUT2D eigenvalue weighted by atomic mass is 16.5. The molecule has 1 N–H and O–H groups in total. The number of fused-ring (bicyclic) bond motifs is 1. The molecule has 2 aliphatic heterocycles. The van der Waals surface area contributed by atoms with Crippen LogP contribution < -0.4 is 0 Å². The second-order valence-electron chi connectivity index (χ2n) is 9.00. The zero-order valence-electron chi connectivity index (χ0n) is 14.4. The minimum Gasteiger partial charge on any atom is -0.434 e. The predicted octanol–water partition coefficient (Wildman–Crippen LogP) is 1.98. The van der Waals surface area contributed by atoms with E-state index >= 15 is 0 Å². The van der Waals surface area contributed by atoms with E-state index in [4.69, 9.17) is 9.47 Å². The van der Waals surface area contributed by atoms with Crippen molar-refractivity contribution >= 4 is 11.8 Å². The molecule has 7 unspecified atom stereocenters. The molecule has 130 valence electrons. The van der Waals surface area contributed by atoms with Crippen molar-refractivity contribution in [3.8, 4) is 0 Å². The van der Waals surface area contributed by atoms with Gasteiger partial charge in [0.2, 0.25) is 0 Å². The number of carbonyl (C=O) groups excluding carboxylic acids is 2. The summed E-state index contributed by atoms with van der Waals surface area (Å²) >= 11 is 0. The zero-order valence-corrected chi connectivity index (χ0v) is 14.4. The quantitative estimate of drug-likeness (QED) is 0.687. The molecule has 7 atom stereocenters. The molecule has 0 aromatic carbocycles. The van der Waals surface area contributed by atoms with Gasteiger partial charge in [0.1, 0.15) is 11.2 Å². The lowest BCUT2D eigenvalue weighted by atomic mass is 9.29. The first-order valence-electron chi connectivity index (χ1n) is 8.99. The van der Waals surface area contributed by atoms with Crippen molar-refractivity contribution in [3.63, 3.8) is 0 Å². The van der Waals surface area contributed by atoms with Crippen LogP contribution >= 0.6 is 0 Å². The van der Waals surface area contributed by atoms with Crippen LogP contribution in [0.5, 0.6) is 0 Å². The van der Waals surface area contributed by atoms with E-state index in [0.717, 1.165) is 12.0 Å². The van der Waals surface area contributed by atoms with Crippen molar-refractivity contribution in [3.05, 3.63) is 11.8 Å². The number of ketones is 1. The minimum absolute atomic E-state index is 0.0623. The van der Waals surface area contributed by atoms with Gasteiger partial charge in [0.25, 0.3) is 0 Å². The van der Waals surface area contributed by atoms with Crippen molar-refractivity contribution in [2.45, 2.75) is 58.7 Å². The van der Waals surface area contributed by atoms with Gasteiger partial charge in [-0.25, -0.2) is 0 Å². The molecule has 6 aliphatic rings. The molecule has 0 aromatic heterocycles. The second-order valence-corrected chi connectivity index (χ2v) is 9.00. The van der Waals surface area contributed by atoms with Crippen LogP contribution in [0.2, 0.25) is 0 Å². The van der Waals surface area contributed by atoms with Crippen LogP contribution in [0.15, 0.2) is 11.8 Å². The minimum atomic E-state index is -0.955. The van der Waals surface area contributed by atoms with E-state index in [1.165, 1.54) is 6.26 Å². The largest absolute Gasteiger partial charge is 0.434 e. The summed E-state index contributed by atoms with van der Waals surface area (Å²) in [6.45, 7) is 6.51. The Morgan fingerprint density at radius 2 is 2.04 bits per heavy atom. The topological polar surface area (TPSA) is 72.8 Å². The molecule has 0 aromatic rings. The number of aliphatic hydroxyl groups is 1. The summed E-state index contributed by atoms with van der Waals surface area (Å²) < 4.78 is 11.6. The van der Waals surface area contributed by atoms with Gasteiger partial charge in [-0.2, -0.15) is 0 Å². The third-order valence-corrected chi connectivity index (χ3v) is 8.69. The normalized spacial score (nSPS) is 58.0. The number of aliphatic hydroxyl groups excluding tert-OH is 1. The van der Waals surface area contributed by atoms with Gasteiger partial charge in [-0.3, -0.25) is 9.59 Å². The molecule has 1 saturated heterocycles. The number of Topliss-reactive ketones (excluding diaryl/α,β-unsaturated/α-hetero) is 1. The monoisotopic (exact) mass is 332 g/mol. The van der Waals surface area contributed by atoms with E-state index in [1.807, 2.05) is 6.92 Å². The van der Waals surface area contributed by atoms with Gasteiger partial charge < -0.3 is 14.6 Å². The van der Waals surface area contributed by atoms with Gasteiger partial charge >= 0.3 is 5.97 Å². The zero-order chi connectivity index (χ0) is 17.1. The van der Waals surface area contributed by atoms with Crippen molar-refractivity contribution in [1.82, 2.24) is 0 Å². The van der Waals surface area contributed by atoms with Crippen LogP contribution in [0.25, 0.3) is 0 Å². The maximum atomic E-state index is 13.4. The number of hydrogen-bond acceptors (Lipinski definition) is 5. The highest BCUT2D eigenvalue weighted by Gasteiger charge is 2.87. The number of esters is 1. The maximum absolute atomic E-state index is 13.4. The Kier molecular flexibility index (Phi) is 2.49. The molecule has 4 bridgehead atoms. The number of hydrogen-bond donors (Lipinski definition) is 1. The van der Waals surface area contributed by atoms with Crippen LogP contribution in [0.1, 0.15) is 46.5 Å². The Balaban J connectivity index is 1.86.